The molecule has 0 spiro atoms. The zero-order valence-electron chi connectivity index (χ0n) is 11.8. The van der Waals surface area contributed by atoms with Gasteiger partial charge in [0.05, 0.1) is 12.2 Å². The van der Waals surface area contributed by atoms with Gasteiger partial charge in [0.25, 0.3) is 5.91 Å². The van der Waals surface area contributed by atoms with Crippen molar-refractivity contribution < 1.29 is 9.53 Å². The molecule has 2 aliphatic heterocycles. The lowest BCUT2D eigenvalue weighted by Crippen LogP contribution is -2.45. The molecule has 0 aliphatic carbocycles. The van der Waals surface area contributed by atoms with Gasteiger partial charge in [0, 0.05) is 31.4 Å². The summed E-state index contributed by atoms with van der Waals surface area (Å²) in [6.07, 6.45) is 5.35. The maximum Gasteiger partial charge on any atom is 0.254 e. The molecule has 1 aromatic heterocycles. The Morgan fingerprint density at radius 1 is 1.45 bits per heavy atom. The molecule has 2 bridgehead atoms. The number of hydrogen-bond acceptors (Lipinski definition) is 4. The summed E-state index contributed by atoms with van der Waals surface area (Å²) < 4.78 is 5.77. The van der Waals surface area contributed by atoms with Gasteiger partial charge >= 0.3 is 0 Å². The van der Waals surface area contributed by atoms with Gasteiger partial charge in [-0.25, -0.2) is 4.98 Å². The quantitative estimate of drug-likeness (QED) is 0.912. The Morgan fingerprint density at radius 2 is 2.20 bits per heavy atom. The summed E-state index contributed by atoms with van der Waals surface area (Å²) in [6.45, 7) is 4.41. The van der Waals surface area contributed by atoms with Crippen molar-refractivity contribution in [3.05, 3.63) is 23.9 Å². The van der Waals surface area contributed by atoms with Crippen molar-refractivity contribution in [1.82, 2.24) is 9.88 Å². The second kappa shape index (κ2) is 5.79. The van der Waals surface area contributed by atoms with Crippen LogP contribution in [-0.2, 0) is 4.74 Å². The van der Waals surface area contributed by atoms with E-state index >= 15 is 0 Å². The first-order valence-electron chi connectivity index (χ1n) is 7.41. The Kier molecular flexibility index (Phi) is 3.87. The van der Waals surface area contributed by atoms with E-state index < -0.39 is 0 Å². The molecule has 5 nitrogen and oxygen atoms in total. The molecule has 2 fully saturated rings. The highest BCUT2D eigenvalue weighted by atomic mass is 16.5. The first kappa shape index (κ1) is 13.4. The summed E-state index contributed by atoms with van der Waals surface area (Å²) in [5.74, 6) is 0.862. The zero-order chi connectivity index (χ0) is 13.9. The van der Waals surface area contributed by atoms with Crippen molar-refractivity contribution >= 4 is 11.7 Å². The topological polar surface area (TPSA) is 54.5 Å². The second-order valence-electron chi connectivity index (χ2n) is 5.52. The lowest BCUT2D eigenvalue weighted by Gasteiger charge is -2.32. The number of amides is 1. The number of carbonyl (C=O) groups excluding carboxylic acids is 1. The van der Waals surface area contributed by atoms with Gasteiger partial charge in [-0.3, -0.25) is 4.79 Å². The Bertz CT molecular complexity index is 480. The highest BCUT2D eigenvalue weighted by Gasteiger charge is 2.35. The third-order valence-corrected chi connectivity index (χ3v) is 3.89. The maximum absolute atomic E-state index is 12.6. The average molecular weight is 275 g/mol. The fraction of sp³-hybridized carbons (Fsp3) is 0.600. The lowest BCUT2D eigenvalue weighted by atomic mass is 10.2. The van der Waals surface area contributed by atoms with Gasteiger partial charge < -0.3 is 15.0 Å². The smallest absolute Gasteiger partial charge is 0.254 e. The fourth-order valence-electron chi connectivity index (χ4n) is 2.88. The number of likely N-dealkylation sites (tertiary alicyclic amines) is 1. The molecule has 3 rings (SSSR count). The van der Waals surface area contributed by atoms with Crippen molar-refractivity contribution in [2.45, 2.75) is 38.4 Å². The van der Waals surface area contributed by atoms with Crippen LogP contribution in [-0.4, -0.2) is 47.6 Å². The molecule has 20 heavy (non-hydrogen) atoms. The molecule has 1 aromatic rings. The van der Waals surface area contributed by atoms with Crippen molar-refractivity contribution in [2.24, 2.45) is 0 Å². The molecule has 0 radical (unpaired) electrons. The third kappa shape index (κ3) is 2.77. The van der Waals surface area contributed by atoms with Crippen LogP contribution in [0.15, 0.2) is 18.3 Å². The standard InChI is InChI=1S/C15H21N3O2/c1-2-6-16-14-8-11(5-7-17-14)15(19)18-9-12-3-4-13(10-18)20-12/h5,7-8,12-13H,2-4,6,9-10H2,1H3,(H,16,17). The summed E-state index contributed by atoms with van der Waals surface area (Å²) in [4.78, 5) is 18.7. The predicted octanol–water partition coefficient (Wildman–Crippen LogP) is 1.91. The number of carbonyl (C=O) groups is 1. The minimum absolute atomic E-state index is 0.0900. The van der Waals surface area contributed by atoms with Gasteiger partial charge in [0.1, 0.15) is 5.82 Å². The largest absolute Gasteiger partial charge is 0.371 e. The van der Waals surface area contributed by atoms with Crippen LogP contribution in [0.4, 0.5) is 5.82 Å². The molecule has 1 N–H and O–H groups in total. The molecule has 3 heterocycles. The number of pyridine rings is 1. The highest BCUT2D eigenvalue weighted by molar-refractivity contribution is 5.95. The van der Waals surface area contributed by atoms with Crippen LogP contribution in [0.25, 0.3) is 0 Å². The highest BCUT2D eigenvalue weighted by Crippen LogP contribution is 2.27. The van der Waals surface area contributed by atoms with Gasteiger partial charge in [0.15, 0.2) is 0 Å². The van der Waals surface area contributed by atoms with Crippen LogP contribution < -0.4 is 5.32 Å². The maximum atomic E-state index is 12.6. The predicted molar refractivity (Wildman–Crippen MR) is 76.8 cm³/mol. The van der Waals surface area contributed by atoms with E-state index in [1.807, 2.05) is 11.0 Å². The number of anilines is 1. The van der Waals surface area contributed by atoms with E-state index in [0.29, 0.717) is 5.56 Å². The molecule has 5 heteroatoms. The molecule has 2 atom stereocenters. The normalized spacial score (nSPS) is 24.8. The van der Waals surface area contributed by atoms with E-state index in [0.717, 1.165) is 44.7 Å². The van der Waals surface area contributed by atoms with E-state index in [2.05, 4.69) is 17.2 Å². The molecule has 1 amide bonds. The number of ether oxygens (including phenoxy) is 1. The van der Waals surface area contributed by atoms with Crippen LogP contribution >= 0.6 is 0 Å². The van der Waals surface area contributed by atoms with Crippen molar-refractivity contribution in [1.29, 1.82) is 0 Å². The van der Waals surface area contributed by atoms with Gasteiger partial charge in [-0.05, 0) is 31.4 Å². The van der Waals surface area contributed by atoms with Gasteiger partial charge in [-0.15, -0.1) is 0 Å². The minimum atomic E-state index is 0.0900. The summed E-state index contributed by atoms with van der Waals surface area (Å²) in [5.41, 5.74) is 0.708. The summed E-state index contributed by atoms with van der Waals surface area (Å²) in [6, 6.07) is 3.63. The Hall–Kier alpha value is -1.62. The molecular weight excluding hydrogens is 254 g/mol. The molecule has 2 unspecified atom stereocenters. The van der Waals surface area contributed by atoms with Crippen LogP contribution in [0.1, 0.15) is 36.5 Å². The number of fused-ring (bicyclic) bond motifs is 2. The summed E-state index contributed by atoms with van der Waals surface area (Å²) in [5, 5.41) is 3.22. The van der Waals surface area contributed by atoms with Crippen molar-refractivity contribution in [3.8, 4) is 0 Å². The Balaban J connectivity index is 1.70. The van der Waals surface area contributed by atoms with E-state index in [9.17, 15) is 4.79 Å². The lowest BCUT2D eigenvalue weighted by molar-refractivity contribution is -0.0303. The molecule has 0 aromatic carbocycles. The summed E-state index contributed by atoms with van der Waals surface area (Å²) in [7, 11) is 0. The van der Waals surface area contributed by atoms with Crippen LogP contribution in [0.3, 0.4) is 0 Å². The van der Waals surface area contributed by atoms with E-state index in [4.69, 9.17) is 4.74 Å². The number of aromatic nitrogens is 1. The summed E-state index contributed by atoms with van der Waals surface area (Å²) >= 11 is 0. The zero-order valence-corrected chi connectivity index (χ0v) is 11.8. The van der Waals surface area contributed by atoms with Crippen molar-refractivity contribution in [3.63, 3.8) is 0 Å². The van der Waals surface area contributed by atoms with E-state index in [1.54, 1.807) is 12.3 Å². The second-order valence-corrected chi connectivity index (χ2v) is 5.52. The molecule has 108 valence electrons. The third-order valence-electron chi connectivity index (χ3n) is 3.89. The van der Waals surface area contributed by atoms with Crippen LogP contribution in [0.5, 0.6) is 0 Å². The number of nitrogens with zero attached hydrogens (tertiary/aromatic N) is 2. The molecule has 2 saturated heterocycles. The average Bonchev–Trinajstić information content (AvgIpc) is 2.83. The van der Waals surface area contributed by atoms with Gasteiger partial charge in [-0.1, -0.05) is 6.92 Å². The molecular formula is C15H21N3O2. The van der Waals surface area contributed by atoms with Gasteiger partial charge in [-0.2, -0.15) is 0 Å². The first-order valence-corrected chi connectivity index (χ1v) is 7.41. The van der Waals surface area contributed by atoms with E-state index in [-0.39, 0.29) is 18.1 Å². The molecule has 0 saturated carbocycles. The number of rotatable bonds is 4. The number of hydrogen-bond donors (Lipinski definition) is 1. The Labute approximate surface area is 119 Å². The number of nitrogens with one attached hydrogen (secondary N) is 1. The van der Waals surface area contributed by atoms with Crippen LogP contribution in [0.2, 0.25) is 0 Å². The van der Waals surface area contributed by atoms with Gasteiger partial charge in [0.2, 0.25) is 0 Å². The van der Waals surface area contributed by atoms with Crippen LogP contribution in [0, 0.1) is 0 Å². The fourth-order valence-corrected chi connectivity index (χ4v) is 2.88. The SMILES string of the molecule is CCCNc1cc(C(=O)N2CC3CCC(C2)O3)ccn1. The monoisotopic (exact) mass is 275 g/mol. The molecule has 2 aliphatic rings. The minimum Gasteiger partial charge on any atom is -0.371 e. The first-order chi connectivity index (χ1) is 9.76. The Morgan fingerprint density at radius 3 is 2.90 bits per heavy atom. The van der Waals surface area contributed by atoms with Crippen molar-refractivity contribution in [2.75, 3.05) is 25.0 Å². The number of morpholine rings is 1. The van der Waals surface area contributed by atoms with E-state index in [1.165, 1.54) is 0 Å².